The second-order valence-electron chi connectivity index (χ2n) is 7.70. The number of carbonyl (C=O) groups excluding carboxylic acids is 2. The van der Waals surface area contributed by atoms with Crippen LogP contribution < -0.4 is 10.6 Å². The van der Waals surface area contributed by atoms with Crippen molar-refractivity contribution in [3.8, 4) is 0 Å². The van der Waals surface area contributed by atoms with Crippen LogP contribution in [0.25, 0.3) is 0 Å². The van der Waals surface area contributed by atoms with E-state index >= 15 is 0 Å². The molecule has 2 aromatic carbocycles. The van der Waals surface area contributed by atoms with Crippen LogP contribution >= 0.6 is 11.6 Å². The largest absolute Gasteiger partial charge is 0.375 e. The number of hydrogen-bond acceptors (Lipinski definition) is 5. The van der Waals surface area contributed by atoms with Gasteiger partial charge in [0.1, 0.15) is 0 Å². The van der Waals surface area contributed by atoms with E-state index in [-0.39, 0.29) is 23.3 Å². The molecule has 2 amide bonds. The van der Waals surface area contributed by atoms with Gasteiger partial charge in [0.15, 0.2) is 0 Å². The highest BCUT2D eigenvalue weighted by atomic mass is 35.5. The van der Waals surface area contributed by atoms with Crippen molar-refractivity contribution in [2.75, 3.05) is 43.4 Å². The SMILES string of the molecule is CCN(CC)S(=O)(=O)c1ccc(NC(=O)CNc2cc(Cl)ccc2C(=O)N2CCCC2)cc1. The summed E-state index contributed by atoms with van der Waals surface area (Å²) < 4.78 is 26.5. The lowest BCUT2D eigenvalue weighted by molar-refractivity contribution is -0.114. The standard InChI is InChI=1S/C23H29ClN4O4S/c1-3-28(4-2)33(31,32)19-10-8-18(9-11-19)26-22(29)16-25-21-15-17(24)7-12-20(21)23(30)27-13-5-6-14-27/h7-12,15,25H,3-6,13-14,16H2,1-2H3,(H,26,29). The summed E-state index contributed by atoms with van der Waals surface area (Å²) in [5.74, 6) is -0.425. The first-order valence-corrected chi connectivity index (χ1v) is 12.8. The molecule has 1 aliphatic rings. The third-order valence-electron chi connectivity index (χ3n) is 5.53. The molecule has 0 saturated carbocycles. The maximum absolute atomic E-state index is 12.8. The molecule has 1 fully saturated rings. The minimum atomic E-state index is -3.56. The number of sulfonamides is 1. The molecule has 8 nitrogen and oxygen atoms in total. The predicted octanol–water partition coefficient (Wildman–Crippen LogP) is 3.66. The van der Waals surface area contributed by atoms with Crippen LogP contribution in [0.3, 0.4) is 0 Å². The molecule has 1 saturated heterocycles. The second-order valence-corrected chi connectivity index (χ2v) is 10.1. The average molecular weight is 493 g/mol. The normalized spacial score (nSPS) is 13.9. The molecule has 0 aliphatic carbocycles. The van der Waals surface area contributed by atoms with Gasteiger partial charge in [-0.2, -0.15) is 4.31 Å². The van der Waals surface area contributed by atoms with Gasteiger partial charge in [-0.3, -0.25) is 9.59 Å². The van der Waals surface area contributed by atoms with E-state index in [4.69, 9.17) is 11.6 Å². The van der Waals surface area contributed by atoms with Crippen LogP contribution in [0.1, 0.15) is 37.0 Å². The van der Waals surface area contributed by atoms with Gasteiger partial charge >= 0.3 is 0 Å². The number of nitrogens with one attached hydrogen (secondary N) is 2. The molecule has 1 heterocycles. The summed E-state index contributed by atoms with van der Waals surface area (Å²) in [5, 5.41) is 6.19. The Labute approximate surface area is 200 Å². The highest BCUT2D eigenvalue weighted by molar-refractivity contribution is 7.89. The molecule has 10 heteroatoms. The van der Waals surface area contributed by atoms with Gasteiger partial charge in [0.05, 0.1) is 17.0 Å². The zero-order valence-corrected chi connectivity index (χ0v) is 20.4. The van der Waals surface area contributed by atoms with Crippen molar-refractivity contribution < 1.29 is 18.0 Å². The van der Waals surface area contributed by atoms with Crippen LogP contribution in [0.5, 0.6) is 0 Å². The van der Waals surface area contributed by atoms with Crippen LogP contribution in [0, 0.1) is 0 Å². The molecule has 2 aromatic rings. The molecule has 1 aliphatic heterocycles. The minimum absolute atomic E-state index is 0.0832. The molecule has 33 heavy (non-hydrogen) atoms. The highest BCUT2D eigenvalue weighted by Gasteiger charge is 2.23. The first kappa shape index (κ1) is 25.0. The molecule has 0 bridgehead atoms. The number of nitrogens with zero attached hydrogens (tertiary/aromatic N) is 2. The molecule has 0 radical (unpaired) electrons. The summed E-state index contributed by atoms with van der Waals surface area (Å²) in [4.78, 5) is 27.2. The maximum Gasteiger partial charge on any atom is 0.255 e. The Morgan fingerprint density at radius 2 is 1.67 bits per heavy atom. The Hall–Kier alpha value is -2.62. The molecule has 0 atom stereocenters. The number of halogens is 1. The second kappa shape index (κ2) is 11.0. The van der Waals surface area contributed by atoms with Crippen molar-refractivity contribution in [2.45, 2.75) is 31.6 Å². The van der Waals surface area contributed by atoms with Gasteiger partial charge in [0.25, 0.3) is 5.91 Å². The van der Waals surface area contributed by atoms with Crippen molar-refractivity contribution >= 4 is 44.8 Å². The summed E-state index contributed by atoms with van der Waals surface area (Å²) in [5.41, 5.74) is 1.44. The molecule has 0 aromatic heterocycles. The third-order valence-corrected chi connectivity index (χ3v) is 7.83. The Morgan fingerprint density at radius 1 is 1.03 bits per heavy atom. The molecule has 0 unspecified atom stereocenters. The highest BCUT2D eigenvalue weighted by Crippen LogP contribution is 2.24. The fourth-order valence-electron chi connectivity index (χ4n) is 3.74. The number of anilines is 2. The summed E-state index contributed by atoms with van der Waals surface area (Å²) in [6.45, 7) is 5.70. The van der Waals surface area contributed by atoms with E-state index in [1.807, 2.05) is 0 Å². The van der Waals surface area contributed by atoms with E-state index in [2.05, 4.69) is 10.6 Å². The van der Waals surface area contributed by atoms with Crippen LogP contribution in [0.2, 0.25) is 5.02 Å². The van der Waals surface area contributed by atoms with Gasteiger partial charge in [0, 0.05) is 42.6 Å². The predicted molar refractivity (Wildman–Crippen MR) is 130 cm³/mol. The number of hydrogen-bond donors (Lipinski definition) is 2. The van der Waals surface area contributed by atoms with E-state index < -0.39 is 10.0 Å². The Bertz CT molecular complexity index is 1100. The average Bonchev–Trinajstić information content (AvgIpc) is 3.33. The number of rotatable bonds is 9. The fraction of sp³-hybridized carbons (Fsp3) is 0.391. The minimum Gasteiger partial charge on any atom is -0.375 e. The Morgan fingerprint density at radius 3 is 2.27 bits per heavy atom. The van der Waals surface area contributed by atoms with E-state index in [0.29, 0.717) is 35.1 Å². The van der Waals surface area contributed by atoms with Gasteiger partial charge in [-0.05, 0) is 55.3 Å². The third kappa shape index (κ3) is 6.04. The Kier molecular flexibility index (Phi) is 8.34. The molecular weight excluding hydrogens is 464 g/mol. The summed E-state index contributed by atoms with van der Waals surface area (Å²) in [6.07, 6.45) is 1.97. The summed E-state index contributed by atoms with van der Waals surface area (Å²) >= 11 is 6.10. The summed E-state index contributed by atoms with van der Waals surface area (Å²) in [7, 11) is -3.56. The smallest absolute Gasteiger partial charge is 0.255 e. The quantitative estimate of drug-likeness (QED) is 0.556. The van der Waals surface area contributed by atoms with E-state index in [1.54, 1.807) is 49.1 Å². The van der Waals surface area contributed by atoms with E-state index in [0.717, 1.165) is 25.9 Å². The van der Waals surface area contributed by atoms with Gasteiger partial charge in [-0.25, -0.2) is 8.42 Å². The lowest BCUT2D eigenvalue weighted by Gasteiger charge is -2.19. The zero-order chi connectivity index (χ0) is 24.0. The topological polar surface area (TPSA) is 98.8 Å². The lowest BCUT2D eigenvalue weighted by atomic mass is 10.1. The maximum atomic E-state index is 12.8. The van der Waals surface area contributed by atoms with Gasteiger partial charge in [0.2, 0.25) is 15.9 Å². The van der Waals surface area contributed by atoms with E-state index in [9.17, 15) is 18.0 Å². The molecule has 2 N–H and O–H groups in total. The lowest BCUT2D eigenvalue weighted by Crippen LogP contribution is -2.30. The number of benzene rings is 2. The van der Waals surface area contributed by atoms with Crippen LogP contribution in [-0.2, 0) is 14.8 Å². The first-order valence-electron chi connectivity index (χ1n) is 11.0. The van der Waals surface area contributed by atoms with Crippen molar-refractivity contribution in [3.63, 3.8) is 0 Å². The van der Waals surface area contributed by atoms with Crippen molar-refractivity contribution in [1.82, 2.24) is 9.21 Å². The molecular formula is C23H29ClN4O4S. The first-order chi connectivity index (χ1) is 15.8. The fourth-order valence-corrected chi connectivity index (χ4v) is 5.37. The van der Waals surface area contributed by atoms with E-state index in [1.165, 1.54) is 16.4 Å². The monoisotopic (exact) mass is 492 g/mol. The zero-order valence-electron chi connectivity index (χ0n) is 18.8. The number of carbonyl (C=O) groups is 2. The molecule has 178 valence electrons. The van der Waals surface area contributed by atoms with Gasteiger partial charge in [-0.15, -0.1) is 0 Å². The van der Waals surface area contributed by atoms with Crippen LogP contribution in [-0.4, -0.2) is 62.2 Å². The van der Waals surface area contributed by atoms with Crippen LogP contribution in [0.15, 0.2) is 47.4 Å². The molecule has 0 spiro atoms. The summed E-state index contributed by atoms with van der Waals surface area (Å²) in [6, 6.07) is 11.0. The van der Waals surface area contributed by atoms with Gasteiger partial charge < -0.3 is 15.5 Å². The number of likely N-dealkylation sites (tertiary alicyclic amines) is 1. The Balaban J connectivity index is 1.64. The number of amides is 2. The van der Waals surface area contributed by atoms with Crippen molar-refractivity contribution in [2.24, 2.45) is 0 Å². The van der Waals surface area contributed by atoms with Crippen molar-refractivity contribution in [1.29, 1.82) is 0 Å². The van der Waals surface area contributed by atoms with Gasteiger partial charge in [-0.1, -0.05) is 25.4 Å². The van der Waals surface area contributed by atoms with Crippen molar-refractivity contribution in [3.05, 3.63) is 53.1 Å². The van der Waals surface area contributed by atoms with Crippen LogP contribution in [0.4, 0.5) is 11.4 Å². The molecule has 3 rings (SSSR count).